The molecule has 44 heavy (non-hydrogen) atoms. The smallest absolute Gasteiger partial charge is 0.298 e. The fraction of sp³-hybridized carbons (Fsp3) is 0.576. The molecule has 0 aliphatic carbocycles. The van der Waals surface area contributed by atoms with Crippen LogP contribution in [0.5, 0.6) is 17.2 Å². The Balaban J connectivity index is 2.06. The third-order valence-electron chi connectivity index (χ3n) is 7.70. The van der Waals surface area contributed by atoms with Gasteiger partial charge >= 0.3 is 0 Å². The minimum absolute atomic E-state index is 0.119. The number of para-hydroxylation sites is 1. The first-order valence-corrected chi connectivity index (χ1v) is 15.3. The lowest BCUT2D eigenvalue weighted by molar-refractivity contribution is -0.778. The van der Waals surface area contributed by atoms with E-state index < -0.39 is 16.8 Å². The molecule has 242 valence electrons. The number of likely N-dealkylation sites (N-methyl/N-ethyl adjacent to an activating group) is 1. The van der Waals surface area contributed by atoms with Crippen molar-refractivity contribution in [3.63, 3.8) is 0 Å². The summed E-state index contributed by atoms with van der Waals surface area (Å²) in [5.74, 6) is 1.53. The third-order valence-corrected chi connectivity index (χ3v) is 7.70. The zero-order chi connectivity index (χ0) is 32.4. The maximum atomic E-state index is 11.2. The molecule has 0 saturated heterocycles. The van der Waals surface area contributed by atoms with Crippen LogP contribution >= 0.6 is 0 Å². The predicted molar refractivity (Wildman–Crippen MR) is 168 cm³/mol. The van der Waals surface area contributed by atoms with E-state index in [9.17, 15) is 20.2 Å². The Labute approximate surface area is 261 Å². The molecule has 0 aliphatic rings. The molecule has 0 heterocycles. The van der Waals surface area contributed by atoms with Crippen LogP contribution in [-0.4, -0.2) is 63.1 Å². The largest absolute Gasteiger partial charge is 0.493 e. The third kappa shape index (κ3) is 11.9. The molecule has 0 saturated carbocycles. The molecule has 0 aliphatic heterocycles. The Morgan fingerprint density at radius 1 is 1.05 bits per heavy atom. The number of methoxy groups -OCH3 is 2. The number of unbranched alkanes of at least 4 members (excludes halogenated alkanes) is 3. The lowest BCUT2D eigenvalue weighted by Crippen LogP contribution is -2.31. The maximum Gasteiger partial charge on any atom is 0.298 e. The lowest BCUT2D eigenvalue weighted by atomic mass is 9.74. The number of hydrogen-bond acceptors (Lipinski definition) is 9. The number of nitrogens with one attached hydrogen (secondary N) is 1. The van der Waals surface area contributed by atoms with Crippen LogP contribution in [-0.2, 0) is 21.5 Å². The molecule has 0 spiro atoms. The first-order valence-electron chi connectivity index (χ1n) is 15.3. The molecule has 2 unspecified atom stereocenters. The predicted octanol–water partition coefficient (Wildman–Crippen LogP) is 5.83. The number of benzene rings is 2. The van der Waals surface area contributed by atoms with Gasteiger partial charge in [-0.15, -0.1) is 10.1 Å². The molecule has 1 N–H and O–H groups in total. The molecule has 1 amide bonds. The second-order valence-corrected chi connectivity index (χ2v) is 11.0. The van der Waals surface area contributed by atoms with Crippen molar-refractivity contribution in [2.45, 2.75) is 83.3 Å². The molecular formula is C33H48N4O7. The number of hydrogen-bond donors (Lipinski definition) is 1. The standard InChI is InChI=1S/C33H48N4O7/c1-6-7-8-11-19-33(25-34,28-15-16-30(41-4)31(24-28)42-5)20-12-22-36(3)23-18-27-13-9-10-14-29(27)43-32(44-37(39)40)17-21-35-26(2)38/h9-10,13-16,24,32H,6-8,11-12,17-23H2,1-5H3,(H,35,38). The van der Waals surface area contributed by atoms with Gasteiger partial charge in [0.2, 0.25) is 12.2 Å². The van der Waals surface area contributed by atoms with E-state index in [1.165, 1.54) is 6.92 Å². The van der Waals surface area contributed by atoms with Crippen LogP contribution in [0.1, 0.15) is 76.3 Å². The molecule has 0 fully saturated rings. The molecule has 2 aromatic rings. The van der Waals surface area contributed by atoms with Crippen LogP contribution in [0.2, 0.25) is 0 Å². The van der Waals surface area contributed by atoms with Crippen molar-refractivity contribution >= 4 is 5.91 Å². The van der Waals surface area contributed by atoms with Gasteiger partial charge in [0.25, 0.3) is 5.09 Å². The van der Waals surface area contributed by atoms with Gasteiger partial charge in [0.05, 0.1) is 25.7 Å². The summed E-state index contributed by atoms with van der Waals surface area (Å²) >= 11 is 0. The highest BCUT2D eigenvalue weighted by Crippen LogP contribution is 2.39. The highest BCUT2D eigenvalue weighted by molar-refractivity contribution is 5.72. The zero-order valence-electron chi connectivity index (χ0n) is 26.8. The second kappa shape index (κ2) is 19.3. The van der Waals surface area contributed by atoms with Crippen molar-refractivity contribution < 1.29 is 28.9 Å². The highest BCUT2D eigenvalue weighted by atomic mass is 17.0. The summed E-state index contributed by atoms with van der Waals surface area (Å²) in [6, 6.07) is 15.8. The Morgan fingerprint density at radius 2 is 1.77 bits per heavy atom. The van der Waals surface area contributed by atoms with Gasteiger partial charge in [-0.05, 0) is 68.6 Å². The quantitative estimate of drug-likeness (QED) is 0.0754. The number of carbonyl (C=O) groups excluding carboxylic acids is 1. The molecule has 2 aromatic carbocycles. The molecule has 0 aromatic heterocycles. The van der Waals surface area contributed by atoms with Crippen molar-refractivity contribution in [1.82, 2.24) is 10.2 Å². The van der Waals surface area contributed by atoms with E-state index in [-0.39, 0.29) is 18.9 Å². The normalized spacial score (nSPS) is 12.9. The average molecular weight is 613 g/mol. The summed E-state index contributed by atoms with van der Waals surface area (Å²) in [5.41, 5.74) is 1.22. The molecule has 0 bridgehead atoms. The molecule has 0 radical (unpaired) electrons. The fourth-order valence-corrected chi connectivity index (χ4v) is 5.21. The van der Waals surface area contributed by atoms with Crippen molar-refractivity contribution in [1.29, 1.82) is 5.26 Å². The Kier molecular flexibility index (Phi) is 15.8. The Morgan fingerprint density at radius 3 is 2.43 bits per heavy atom. The summed E-state index contributed by atoms with van der Waals surface area (Å²) in [7, 11) is 5.25. The van der Waals surface area contributed by atoms with E-state index in [4.69, 9.17) is 19.0 Å². The van der Waals surface area contributed by atoms with Gasteiger partial charge in [-0.1, -0.05) is 56.9 Å². The number of ether oxygens (including phenoxy) is 3. The summed E-state index contributed by atoms with van der Waals surface area (Å²) in [6.07, 6.45) is 6.30. The van der Waals surface area contributed by atoms with Crippen LogP contribution in [0.15, 0.2) is 42.5 Å². The lowest BCUT2D eigenvalue weighted by Gasteiger charge is -2.29. The van der Waals surface area contributed by atoms with Crippen LogP contribution in [0.25, 0.3) is 0 Å². The molecule has 11 nitrogen and oxygen atoms in total. The molecule has 2 rings (SSSR count). The van der Waals surface area contributed by atoms with Crippen molar-refractivity contribution in [3.05, 3.63) is 63.7 Å². The molecular weight excluding hydrogens is 564 g/mol. The van der Waals surface area contributed by atoms with Crippen LogP contribution < -0.4 is 19.5 Å². The van der Waals surface area contributed by atoms with E-state index in [1.54, 1.807) is 26.4 Å². The molecule has 11 heteroatoms. The SMILES string of the molecule is CCCCCCC(C#N)(CCCN(C)CCc1ccccc1OC(CCNC(C)=O)O[N+](=O)[O-])c1ccc(OC)c(OC)c1. The Hall–Kier alpha value is -4.04. The minimum Gasteiger partial charge on any atom is -0.493 e. The van der Waals surface area contributed by atoms with Gasteiger partial charge in [-0.25, -0.2) is 0 Å². The van der Waals surface area contributed by atoms with Gasteiger partial charge in [0, 0.05) is 26.4 Å². The monoisotopic (exact) mass is 612 g/mol. The summed E-state index contributed by atoms with van der Waals surface area (Å²) in [4.78, 5) is 29.1. The Bertz CT molecular complexity index is 1220. The first kappa shape index (κ1) is 36.2. The number of carbonyl (C=O) groups is 1. The van der Waals surface area contributed by atoms with E-state index in [2.05, 4.69) is 23.2 Å². The van der Waals surface area contributed by atoms with Crippen molar-refractivity contribution in [3.8, 4) is 23.3 Å². The topological polar surface area (TPSA) is 136 Å². The van der Waals surface area contributed by atoms with E-state index in [0.29, 0.717) is 30.1 Å². The highest BCUT2D eigenvalue weighted by Gasteiger charge is 2.32. The number of nitriles is 1. The van der Waals surface area contributed by atoms with Gasteiger partial charge in [0.15, 0.2) is 11.5 Å². The van der Waals surface area contributed by atoms with Crippen molar-refractivity contribution in [2.24, 2.45) is 0 Å². The fourth-order valence-electron chi connectivity index (χ4n) is 5.21. The van der Waals surface area contributed by atoms with E-state index >= 15 is 0 Å². The summed E-state index contributed by atoms with van der Waals surface area (Å²) in [6.45, 7) is 5.25. The van der Waals surface area contributed by atoms with Gasteiger partial charge in [-0.3, -0.25) is 9.63 Å². The van der Waals surface area contributed by atoms with Crippen LogP contribution in [0.4, 0.5) is 0 Å². The number of amides is 1. The minimum atomic E-state index is -1.15. The second-order valence-electron chi connectivity index (χ2n) is 11.0. The first-order chi connectivity index (χ1) is 21.2. The van der Waals surface area contributed by atoms with Gasteiger partial charge in [-0.2, -0.15) is 5.26 Å². The summed E-state index contributed by atoms with van der Waals surface area (Å²) < 4.78 is 16.8. The summed E-state index contributed by atoms with van der Waals surface area (Å²) in [5, 5.41) is 23.2. The van der Waals surface area contributed by atoms with Gasteiger partial charge < -0.3 is 24.4 Å². The van der Waals surface area contributed by atoms with Gasteiger partial charge in [0.1, 0.15) is 5.75 Å². The number of nitrogens with zero attached hydrogens (tertiary/aromatic N) is 3. The zero-order valence-corrected chi connectivity index (χ0v) is 26.8. The average Bonchev–Trinajstić information content (AvgIpc) is 3.01. The van der Waals surface area contributed by atoms with Crippen molar-refractivity contribution in [2.75, 3.05) is 40.9 Å². The van der Waals surface area contributed by atoms with Crippen LogP contribution in [0, 0.1) is 21.4 Å². The van der Waals surface area contributed by atoms with E-state index in [0.717, 1.165) is 62.7 Å². The maximum absolute atomic E-state index is 11.2. The van der Waals surface area contributed by atoms with E-state index in [1.807, 2.05) is 37.4 Å². The van der Waals surface area contributed by atoms with Crippen LogP contribution in [0.3, 0.4) is 0 Å². The molecule has 2 atom stereocenters. The number of rotatable bonds is 22.